The zero-order valence-corrected chi connectivity index (χ0v) is 18.1. The Balaban J connectivity index is 1.40. The average molecular weight is 431 g/mol. The molecule has 0 saturated heterocycles. The van der Waals surface area contributed by atoms with Crippen molar-refractivity contribution in [3.05, 3.63) is 72.6 Å². The Morgan fingerprint density at radius 3 is 2.42 bits per heavy atom. The van der Waals surface area contributed by atoms with Gasteiger partial charge in [-0.05, 0) is 19.4 Å². The molecule has 0 spiro atoms. The van der Waals surface area contributed by atoms with Crippen LogP contribution in [0.5, 0.6) is 0 Å². The third-order valence-corrected chi connectivity index (χ3v) is 5.69. The highest BCUT2D eigenvalue weighted by atomic mass is 32.2. The lowest BCUT2D eigenvalue weighted by molar-refractivity contribution is -0.113. The molecule has 156 valence electrons. The number of amides is 1. The molecule has 0 radical (unpaired) electrons. The molecule has 4 aromatic rings. The first-order valence-electron chi connectivity index (χ1n) is 9.95. The van der Waals surface area contributed by atoms with Crippen LogP contribution in [0.2, 0.25) is 0 Å². The second-order valence-corrected chi connectivity index (χ2v) is 7.81. The van der Waals surface area contributed by atoms with Gasteiger partial charge < -0.3 is 9.88 Å². The first-order valence-corrected chi connectivity index (χ1v) is 10.9. The quantitative estimate of drug-likeness (QED) is 0.436. The maximum atomic E-state index is 12.4. The van der Waals surface area contributed by atoms with E-state index in [1.54, 1.807) is 12.4 Å². The molecule has 0 aliphatic rings. The summed E-state index contributed by atoms with van der Waals surface area (Å²) in [6, 6.07) is 17.8. The van der Waals surface area contributed by atoms with Gasteiger partial charge in [-0.1, -0.05) is 66.4 Å². The number of nitrogens with one attached hydrogen (secondary N) is 1. The summed E-state index contributed by atoms with van der Waals surface area (Å²) in [6.07, 6.45) is 3.23. The largest absolute Gasteiger partial charge is 0.323 e. The van der Waals surface area contributed by atoms with Crippen LogP contribution in [0.4, 0.5) is 5.69 Å². The van der Waals surface area contributed by atoms with Crippen LogP contribution in [-0.4, -0.2) is 36.4 Å². The molecule has 2 heterocycles. The summed E-state index contributed by atoms with van der Waals surface area (Å²) in [7, 11) is 0. The van der Waals surface area contributed by atoms with Crippen LogP contribution in [0, 0.1) is 6.92 Å². The average Bonchev–Trinajstić information content (AvgIpc) is 3.22. The maximum absolute atomic E-state index is 12.4. The SMILES string of the molecule is CCn1c(SCC(=O)Nc2cnc(-c3ccccc3)nc2)nnc1-c1ccccc1C. The molecule has 0 fully saturated rings. The van der Waals surface area contributed by atoms with E-state index in [1.807, 2.05) is 60.0 Å². The van der Waals surface area contributed by atoms with Crippen molar-refractivity contribution < 1.29 is 4.79 Å². The molecule has 0 saturated carbocycles. The van der Waals surface area contributed by atoms with Gasteiger partial charge in [0, 0.05) is 17.7 Å². The topological polar surface area (TPSA) is 85.6 Å². The van der Waals surface area contributed by atoms with Gasteiger partial charge in [-0.2, -0.15) is 0 Å². The molecular weight excluding hydrogens is 408 g/mol. The summed E-state index contributed by atoms with van der Waals surface area (Å²) < 4.78 is 2.03. The van der Waals surface area contributed by atoms with Gasteiger partial charge in [0.1, 0.15) is 0 Å². The van der Waals surface area contributed by atoms with Crippen molar-refractivity contribution >= 4 is 23.4 Å². The molecule has 0 aliphatic carbocycles. The first kappa shape index (κ1) is 20.7. The van der Waals surface area contributed by atoms with Crippen molar-refractivity contribution in [1.82, 2.24) is 24.7 Å². The highest BCUT2D eigenvalue weighted by Crippen LogP contribution is 2.26. The van der Waals surface area contributed by atoms with Gasteiger partial charge >= 0.3 is 0 Å². The monoisotopic (exact) mass is 430 g/mol. The Morgan fingerprint density at radius 2 is 1.71 bits per heavy atom. The number of nitrogens with zero attached hydrogens (tertiary/aromatic N) is 5. The van der Waals surface area contributed by atoms with Crippen LogP contribution in [0.1, 0.15) is 12.5 Å². The van der Waals surface area contributed by atoms with Crippen molar-refractivity contribution in [2.45, 2.75) is 25.5 Å². The van der Waals surface area contributed by atoms with Crippen LogP contribution in [0.25, 0.3) is 22.8 Å². The van der Waals surface area contributed by atoms with Crippen LogP contribution >= 0.6 is 11.8 Å². The number of rotatable bonds is 7. The van der Waals surface area contributed by atoms with Gasteiger partial charge in [0.15, 0.2) is 16.8 Å². The van der Waals surface area contributed by atoms with Crippen molar-refractivity contribution in [1.29, 1.82) is 0 Å². The fourth-order valence-electron chi connectivity index (χ4n) is 3.16. The first-order chi connectivity index (χ1) is 15.2. The van der Waals surface area contributed by atoms with E-state index in [2.05, 4.69) is 38.5 Å². The van der Waals surface area contributed by atoms with Gasteiger partial charge in [-0.15, -0.1) is 10.2 Å². The van der Waals surface area contributed by atoms with E-state index < -0.39 is 0 Å². The Hall–Kier alpha value is -3.52. The van der Waals surface area contributed by atoms with E-state index in [4.69, 9.17) is 0 Å². The number of hydrogen-bond donors (Lipinski definition) is 1. The summed E-state index contributed by atoms with van der Waals surface area (Å²) in [6.45, 7) is 4.81. The predicted molar refractivity (Wildman–Crippen MR) is 123 cm³/mol. The van der Waals surface area contributed by atoms with Crippen molar-refractivity contribution in [2.24, 2.45) is 0 Å². The number of aryl methyl sites for hydroxylation is 1. The fourth-order valence-corrected chi connectivity index (χ4v) is 3.96. The molecule has 31 heavy (non-hydrogen) atoms. The standard InChI is InChI=1S/C23H22N6OS/c1-3-29-22(19-12-8-7-9-16(19)2)27-28-23(29)31-15-20(30)26-18-13-24-21(25-14-18)17-10-5-4-6-11-17/h4-14H,3,15H2,1-2H3,(H,26,30). The normalized spacial score (nSPS) is 10.8. The third-order valence-electron chi connectivity index (χ3n) is 4.72. The summed E-state index contributed by atoms with van der Waals surface area (Å²) >= 11 is 1.36. The van der Waals surface area contributed by atoms with Gasteiger partial charge in [-0.25, -0.2) is 9.97 Å². The highest BCUT2D eigenvalue weighted by Gasteiger charge is 2.16. The molecule has 4 rings (SSSR count). The Morgan fingerprint density at radius 1 is 1.00 bits per heavy atom. The van der Waals surface area contributed by atoms with Crippen molar-refractivity contribution in [2.75, 3.05) is 11.1 Å². The Kier molecular flexibility index (Phi) is 6.37. The molecule has 8 heteroatoms. The zero-order valence-electron chi connectivity index (χ0n) is 17.3. The minimum Gasteiger partial charge on any atom is -0.323 e. The molecule has 1 amide bonds. The van der Waals surface area contributed by atoms with Gasteiger partial charge in [0.25, 0.3) is 0 Å². The van der Waals surface area contributed by atoms with Crippen LogP contribution in [0.3, 0.4) is 0 Å². The maximum Gasteiger partial charge on any atom is 0.234 e. The molecule has 2 aromatic heterocycles. The minimum absolute atomic E-state index is 0.149. The molecule has 7 nitrogen and oxygen atoms in total. The van der Waals surface area contributed by atoms with Gasteiger partial charge in [0.2, 0.25) is 5.91 Å². The lowest BCUT2D eigenvalue weighted by atomic mass is 10.1. The van der Waals surface area contributed by atoms with E-state index >= 15 is 0 Å². The van der Waals surface area contributed by atoms with Crippen molar-refractivity contribution in [3.8, 4) is 22.8 Å². The van der Waals surface area contributed by atoms with Gasteiger partial charge in [0.05, 0.1) is 23.8 Å². The predicted octanol–water partition coefficient (Wildman–Crippen LogP) is 4.46. The number of aromatic nitrogens is 5. The fraction of sp³-hybridized carbons (Fsp3) is 0.174. The Labute approximate surface area is 185 Å². The number of thioether (sulfide) groups is 1. The van der Waals surface area contributed by atoms with Crippen molar-refractivity contribution in [3.63, 3.8) is 0 Å². The molecule has 0 atom stereocenters. The van der Waals surface area contributed by atoms with E-state index in [0.29, 0.717) is 16.7 Å². The van der Waals surface area contributed by atoms with Gasteiger partial charge in [-0.3, -0.25) is 4.79 Å². The second-order valence-electron chi connectivity index (χ2n) is 6.86. The molecule has 0 aliphatic heterocycles. The second kappa shape index (κ2) is 9.53. The number of hydrogen-bond acceptors (Lipinski definition) is 6. The minimum atomic E-state index is -0.149. The smallest absolute Gasteiger partial charge is 0.234 e. The Bertz CT molecular complexity index is 1170. The molecule has 2 aromatic carbocycles. The number of anilines is 1. The summed E-state index contributed by atoms with van der Waals surface area (Å²) in [5.74, 6) is 1.50. The lowest BCUT2D eigenvalue weighted by Crippen LogP contribution is -2.15. The van der Waals surface area contributed by atoms with Crippen LogP contribution < -0.4 is 5.32 Å². The van der Waals surface area contributed by atoms with E-state index in [-0.39, 0.29) is 11.7 Å². The molecule has 0 unspecified atom stereocenters. The number of carbonyl (C=O) groups excluding carboxylic acids is 1. The zero-order chi connectivity index (χ0) is 21.6. The lowest BCUT2D eigenvalue weighted by Gasteiger charge is -2.09. The summed E-state index contributed by atoms with van der Waals surface area (Å²) in [4.78, 5) is 21.1. The van der Waals surface area contributed by atoms with Crippen LogP contribution in [-0.2, 0) is 11.3 Å². The molecule has 0 bridgehead atoms. The highest BCUT2D eigenvalue weighted by molar-refractivity contribution is 7.99. The third kappa shape index (κ3) is 4.80. The number of carbonyl (C=O) groups is 1. The molecule has 1 N–H and O–H groups in total. The summed E-state index contributed by atoms with van der Waals surface area (Å²) in [5, 5.41) is 12.2. The van der Waals surface area contributed by atoms with E-state index in [0.717, 1.165) is 29.1 Å². The number of benzene rings is 2. The van der Waals surface area contributed by atoms with Crippen LogP contribution in [0.15, 0.2) is 72.1 Å². The summed E-state index contributed by atoms with van der Waals surface area (Å²) in [5.41, 5.74) is 3.67. The van der Waals surface area contributed by atoms with E-state index in [9.17, 15) is 4.79 Å². The molecular formula is C23H22N6OS. The van der Waals surface area contributed by atoms with E-state index in [1.165, 1.54) is 11.8 Å².